The fourth-order valence-corrected chi connectivity index (χ4v) is 2.71. The van der Waals surface area contributed by atoms with Crippen LogP contribution in [-0.2, 0) is 9.53 Å². The lowest BCUT2D eigenvalue weighted by Gasteiger charge is -2.33. The molecule has 2 aromatic heterocycles. The number of piperazine rings is 1. The van der Waals surface area contributed by atoms with Crippen molar-refractivity contribution in [2.24, 2.45) is 5.73 Å². The van der Waals surface area contributed by atoms with Gasteiger partial charge in [-0.3, -0.25) is 9.20 Å². The minimum atomic E-state index is -0.447. The lowest BCUT2D eigenvalue weighted by Crippen LogP contribution is -2.56. The van der Waals surface area contributed by atoms with Gasteiger partial charge in [0.15, 0.2) is 5.69 Å². The Kier molecular flexibility index (Phi) is 4.16. The quantitative estimate of drug-likeness (QED) is 0.756. The van der Waals surface area contributed by atoms with Gasteiger partial charge in [-0.25, -0.2) is 9.78 Å². The first kappa shape index (κ1) is 15.3. The first-order chi connectivity index (χ1) is 11.1. The molecule has 3 N–H and O–H groups in total. The van der Waals surface area contributed by atoms with Crippen molar-refractivity contribution in [3.63, 3.8) is 0 Å². The number of anilines is 1. The molecule has 1 aliphatic heterocycles. The highest BCUT2D eigenvalue weighted by molar-refractivity contribution is 5.88. The summed E-state index contributed by atoms with van der Waals surface area (Å²) in [6.45, 7) is 3.92. The zero-order valence-electron chi connectivity index (χ0n) is 12.9. The number of carbonyl (C=O) groups excluding carboxylic acids is 2. The summed E-state index contributed by atoms with van der Waals surface area (Å²) in [5, 5.41) is 3.09. The SMILES string of the molecule is CCOC(=O)c1cn2c(N3CCNC(C(N)=O)C3)cccc2n1. The number of hydrogen-bond donors (Lipinski definition) is 2. The molecular formula is C15H19N5O3. The molecule has 1 amide bonds. The molecule has 23 heavy (non-hydrogen) atoms. The van der Waals surface area contributed by atoms with Gasteiger partial charge in [-0.15, -0.1) is 0 Å². The maximum absolute atomic E-state index is 11.9. The number of carbonyl (C=O) groups is 2. The van der Waals surface area contributed by atoms with Gasteiger partial charge >= 0.3 is 5.97 Å². The number of nitrogens with zero attached hydrogens (tertiary/aromatic N) is 3. The van der Waals surface area contributed by atoms with Crippen LogP contribution < -0.4 is 16.0 Å². The van der Waals surface area contributed by atoms with Gasteiger partial charge in [0, 0.05) is 25.8 Å². The highest BCUT2D eigenvalue weighted by Crippen LogP contribution is 2.19. The van der Waals surface area contributed by atoms with E-state index in [0.717, 1.165) is 12.4 Å². The highest BCUT2D eigenvalue weighted by atomic mass is 16.5. The number of primary amides is 1. The summed E-state index contributed by atoms with van der Waals surface area (Å²) < 4.78 is 6.82. The van der Waals surface area contributed by atoms with Gasteiger partial charge < -0.3 is 20.7 Å². The molecule has 1 atom stereocenters. The topological polar surface area (TPSA) is 102 Å². The molecule has 0 bridgehead atoms. The van der Waals surface area contributed by atoms with Crippen molar-refractivity contribution < 1.29 is 14.3 Å². The first-order valence-corrected chi connectivity index (χ1v) is 7.53. The van der Waals surface area contributed by atoms with Crippen LogP contribution in [0.25, 0.3) is 5.65 Å². The summed E-state index contributed by atoms with van der Waals surface area (Å²) >= 11 is 0. The van der Waals surface area contributed by atoms with Crippen LogP contribution in [0.2, 0.25) is 0 Å². The molecule has 8 heteroatoms. The maximum Gasteiger partial charge on any atom is 0.358 e. The van der Waals surface area contributed by atoms with Crippen molar-refractivity contribution in [3.8, 4) is 0 Å². The van der Waals surface area contributed by atoms with Gasteiger partial charge in [-0.05, 0) is 19.1 Å². The zero-order chi connectivity index (χ0) is 16.4. The van der Waals surface area contributed by atoms with Gasteiger partial charge in [-0.2, -0.15) is 0 Å². The minimum Gasteiger partial charge on any atom is -0.461 e. The predicted octanol–water partition coefficient (Wildman–Crippen LogP) is -0.225. The second-order valence-electron chi connectivity index (χ2n) is 5.31. The van der Waals surface area contributed by atoms with Crippen molar-refractivity contribution in [2.45, 2.75) is 13.0 Å². The van der Waals surface area contributed by atoms with Crippen molar-refractivity contribution in [2.75, 3.05) is 31.1 Å². The van der Waals surface area contributed by atoms with E-state index in [1.807, 2.05) is 22.6 Å². The molecule has 1 unspecified atom stereocenters. The van der Waals surface area contributed by atoms with Crippen molar-refractivity contribution in [1.82, 2.24) is 14.7 Å². The van der Waals surface area contributed by atoms with E-state index >= 15 is 0 Å². The van der Waals surface area contributed by atoms with Gasteiger partial charge in [-0.1, -0.05) is 6.07 Å². The number of fused-ring (bicyclic) bond motifs is 1. The molecule has 2 aromatic rings. The van der Waals surface area contributed by atoms with Crippen LogP contribution in [0.5, 0.6) is 0 Å². The van der Waals surface area contributed by atoms with Crippen LogP contribution >= 0.6 is 0 Å². The second kappa shape index (κ2) is 6.25. The summed E-state index contributed by atoms with van der Waals surface area (Å²) in [7, 11) is 0. The smallest absolute Gasteiger partial charge is 0.358 e. The Morgan fingerprint density at radius 3 is 3.04 bits per heavy atom. The Hall–Kier alpha value is -2.61. The zero-order valence-corrected chi connectivity index (χ0v) is 12.9. The number of nitrogens with two attached hydrogens (primary N) is 1. The summed E-state index contributed by atoms with van der Waals surface area (Å²) in [5.41, 5.74) is 6.31. The summed E-state index contributed by atoms with van der Waals surface area (Å²) in [5.74, 6) is 0.0375. The fraction of sp³-hybridized carbons (Fsp3) is 0.400. The Labute approximate surface area is 133 Å². The van der Waals surface area contributed by atoms with Crippen LogP contribution in [0.4, 0.5) is 5.82 Å². The standard InChI is InChI=1S/C15H19N5O3/c1-2-23-15(22)11-9-20-12(18-11)4-3-5-13(20)19-7-6-17-10(8-19)14(16)21/h3-5,9-10,17H,2,6-8H2,1H3,(H2,16,21). The first-order valence-electron chi connectivity index (χ1n) is 7.53. The lowest BCUT2D eigenvalue weighted by molar-refractivity contribution is -0.120. The van der Waals surface area contributed by atoms with E-state index < -0.39 is 12.0 Å². The van der Waals surface area contributed by atoms with Gasteiger partial charge in [0.1, 0.15) is 17.5 Å². The van der Waals surface area contributed by atoms with Crippen LogP contribution in [0.15, 0.2) is 24.4 Å². The number of hydrogen-bond acceptors (Lipinski definition) is 6. The predicted molar refractivity (Wildman–Crippen MR) is 84.3 cm³/mol. The average Bonchev–Trinajstić information content (AvgIpc) is 2.99. The van der Waals surface area contributed by atoms with E-state index in [4.69, 9.17) is 10.5 Å². The molecule has 0 aromatic carbocycles. The summed E-state index contributed by atoms with van der Waals surface area (Å²) in [4.78, 5) is 29.6. The van der Waals surface area contributed by atoms with E-state index in [0.29, 0.717) is 25.3 Å². The molecule has 0 radical (unpaired) electrons. The van der Waals surface area contributed by atoms with Crippen LogP contribution in [-0.4, -0.2) is 53.5 Å². The number of esters is 1. The molecular weight excluding hydrogens is 298 g/mol. The van der Waals surface area contributed by atoms with Gasteiger partial charge in [0.05, 0.1) is 6.61 Å². The Morgan fingerprint density at radius 1 is 1.48 bits per heavy atom. The number of aromatic nitrogens is 2. The van der Waals surface area contributed by atoms with Crippen LogP contribution in [0, 0.1) is 0 Å². The second-order valence-corrected chi connectivity index (χ2v) is 5.31. The van der Waals surface area contributed by atoms with Crippen LogP contribution in [0.1, 0.15) is 17.4 Å². The molecule has 122 valence electrons. The van der Waals surface area contributed by atoms with Gasteiger partial charge in [0.25, 0.3) is 0 Å². The third kappa shape index (κ3) is 2.98. The fourth-order valence-electron chi connectivity index (χ4n) is 2.71. The van der Waals surface area contributed by atoms with E-state index in [9.17, 15) is 9.59 Å². The van der Waals surface area contributed by atoms with Crippen molar-refractivity contribution in [1.29, 1.82) is 0 Å². The monoisotopic (exact) mass is 317 g/mol. The molecule has 8 nitrogen and oxygen atoms in total. The maximum atomic E-state index is 11.9. The van der Waals surface area contributed by atoms with E-state index in [-0.39, 0.29) is 11.6 Å². The minimum absolute atomic E-state index is 0.265. The highest BCUT2D eigenvalue weighted by Gasteiger charge is 2.25. The third-order valence-electron chi connectivity index (χ3n) is 3.80. The molecule has 0 aliphatic carbocycles. The van der Waals surface area contributed by atoms with Crippen LogP contribution in [0.3, 0.4) is 0 Å². The largest absolute Gasteiger partial charge is 0.461 e. The lowest BCUT2D eigenvalue weighted by atomic mass is 10.2. The van der Waals surface area contributed by atoms with Crippen molar-refractivity contribution in [3.05, 3.63) is 30.1 Å². The Morgan fingerprint density at radius 2 is 2.30 bits per heavy atom. The molecule has 0 spiro atoms. The molecule has 1 aliphatic rings. The van der Waals surface area contributed by atoms with E-state index in [1.54, 1.807) is 13.1 Å². The van der Waals surface area contributed by atoms with Crippen molar-refractivity contribution >= 4 is 23.3 Å². The number of imidazole rings is 1. The number of ether oxygens (including phenoxy) is 1. The summed E-state index contributed by atoms with van der Waals surface area (Å²) in [6, 6.07) is 5.22. The molecule has 0 saturated carbocycles. The molecule has 3 heterocycles. The third-order valence-corrected chi connectivity index (χ3v) is 3.80. The number of amides is 1. The van der Waals surface area contributed by atoms with E-state index in [1.165, 1.54) is 0 Å². The van der Waals surface area contributed by atoms with E-state index in [2.05, 4.69) is 15.2 Å². The Bertz CT molecular complexity index is 742. The number of pyridine rings is 1. The van der Waals surface area contributed by atoms with Gasteiger partial charge in [0.2, 0.25) is 5.91 Å². The normalized spacial score (nSPS) is 18.1. The number of rotatable bonds is 4. The molecule has 1 saturated heterocycles. The number of nitrogens with one attached hydrogen (secondary N) is 1. The summed E-state index contributed by atoms with van der Waals surface area (Å²) in [6.07, 6.45) is 1.66. The Balaban J connectivity index is 1.94. The molecule has 3 rings (SSSR count). The molecule has 1 fully saturated rings. The average molecular weight is 317 g/mol.